The molecule has 160 valence electrons. The third-order valence-corrected chi connectivity index (χ3v) is 6.59. The lowest BCUT2D eigenvalue weighted by atomic mass is 10.1. The van der Waals surface area contributed by atoms with E-state index in [1.165, 1.54) is 37.1 Å². The van der Waals surface area contributed by atoms with Crippen molar-refractivity contribution in [1.29, 1.82) is 0 Å². The molecule has 0 saturated heterocycles. The number of hydrogen-bond acceptors (Lipinski definition) is 6. The number of carbonyl (C=O) groups excluding carboxylic acids is 1. The van der Waals surface area contributed by atoms with E-state index in [-0.39, 0.29) is 11.6 Å². The third kappa shape index (κ3) is 6.05. The molecule has 2 N–H and O–H groups in total. The first kappa shape index (κ1) is 21.3. The van der Waals surface area contributed by atoms with E-state index in [1.807, 2.05) is 36.0 Å². The van der Waals surface area contributed by atoms with Gasteiger partial charge in [-0.1, -0.05) is 12.1 Å². The number of carboxylic acid groups (broad SMARTS) is 1. The van der Waals surface area contributed by atoms with Crippen molar-refractivity contribution in [3.63, 3.8) is 0 Å². The van der Waals surface area contributed by atoms with Gasteiger partial charge in [-0.2, -0.15) is 0 Å². The fraction of sp³-hybridized carbons (Fsp3) is 0.227. The third-order valence-electron chi connectivity index (χ3n) is 4.43. The fourth-order valence-corrected chi connectivity index (χ4v) is 4.56. The summed E-state index contributed by atoms with van der Waals surface area (Å²) in [6.07, 6.45) is 1.24. The van der Waals surface area contributed by atoms with Crippen LogP contribution in [0, 0.1) is 5.82 Å². The Hall–Kier alpha value is -2.91. The minimum atomic E-state index is -0.996. The molecule has 31 heavy (non-hydrogen) atoms. The predicted molar refractivity (Wildman–Crippen MR) is 117 cm³/mol. The topological polar surface area (TPSA) is 88.5 Å². The summed E-state index contributed by atoms with van der Waals surface area (Å²) in [4.78, 5) is 29.1. The van der Waals surface area contributed by atoms with E-state index in [4.69, 9.17) is 9.84 Å². The van der Waals surface area contributed by atoms with Gasteiger partial charge in [0.15, 0.2) is 5.13 Å². The second-order valence-corrected chi connectivity index (χ2v) is 9.27. The highest BCUT2D eigenvalue weighted by molar-refractivity contribution is 8.00. The predicted octanol–water partition coefficient (Wildman–Crippen LogP) is 4.92. The van der Waals surface area contributed by atoms with Crippen LogP contribution in [0.15, 0.2) is 58.8 Å². The first-order valence-electron chi connectivity index (χ1n) is 9.62. The highest BCUT2D eigenvalue weighted by Crippen LogP contribution is 2.39. The molecule has 0 bridgehead atoms. The van der Waals surface area contributed by atoms with Crippen LogP contribution in [0.4, 0.5) is 9.52 Å². The highest BCUT2D eigenvalue weighted by Gasteiger charge is 2.26. The van der Waals surface area contributed by atoms with E-state index < -0.39 is 23.8 Å². The number of thiazole rings is 1. The number of anilines is 1. The van der Waals surface area contributed by atoms with E-state index in [1.54, 1.807) is 5.38 Å². The molecule has 0 radical (unpaired) electrons. The Kier molecular flexibility index (Phi) is 6.53. The molecular weight excluding hydrogens is 439 g/mol. The number of nitrogens with one attached hydrogen (secondary N) is 1. The minimum absolute atomic E-state index is 0.220. The molecule has 1 fully saturated rings. The molecular formula is C22H19FN2O4S2. The number of rotatable bonds is 9. The van der Waals surface area contributed by atoms with Crippen LogP contribution in [0.2, 0.25) is 0 Å². The SMILES string of the molecule is O=C(O)Cc1csc(NC(=O)C(Oc2ccc(F)cc2)c2ccc(SC3CC3)cc2)n1. The maximum atomic E-state index is 13.3. The van der Waals surface area contributed by atoms with E-state index in [0.29, 0.717) is 22.3 Å². The van der Waals surface area contributed by atoms with Gasteiger partial charge in [-0.3, -0.25) is 14.9 Å². The number of halogens is 1. The monoisotopic (exact) mass is 458 g/mol. The van der Waals surface area contributed by atoms with Crippen LogP contribution in [-0.2, 0) is 16.0 Å². The van der Waals surface area contributed by atoms with Gasteiger partial charge in [0.2, 0.25) is 6.10 Å². The van der Waals surface area contributed by atoms with Crippen LogP contribution < -0.4 is 10.1 Å². The molecule has 1 heterocycles. The lowest BCUT2D eigenvalue weighted by Gasteiger charge is -2.19. The second kappa shape index (κ2) is 9.49. The number of thioether (sulfide) groups is 1. The molecule has 1 amide bonds. The standard InChI is InChI=1S/C22H19FN2O4S2/c23-14-3-5-16(6-4-14)29-20(13-1-7-17(8-2-13)31-18-9-10-18)21(28)25-22-24-15(12-30-22)11-19(26)27/h1-8,12,18,20H,9-11H2,(H,26,27)(H,24,25,28). The zero-order chi connectivity index (χ0) is 21.8. The number of carboxylic acids is 1. The summed E-state index contributed by atoms with van der Waals surface area (Å²) in [6.45, 7) is 0. The summed E-state index contributed by atoms with van der Waals surface area (Å²) in [6, 6.07) is 13.0. The van der Waals surface area contributed by atoms with Gasteiger partial charge in [0.05, 0.1) is 12.1 Å². The van der Waals surface area contributed by atoms with E-state index >= 15 is 0 Å². The van der Waals surface area contributed by atoms with Gasteiger partial charge < -0.3 is 9.84 Å². The van der Waals surface area contributed by atoms with Crippen molar-refractivity contribution >= 4 is 40.1 Å². The van der Waals surface area contributed by atoms with Crippen molar-refractivity contribution in [2.24, 2.45) is 0 Å². The normalized spacial score (nSPS) is 14.1. The van der Waals surface area contributed by atoms with Crippen LogP contribution in [0.5, 0.6) is 5.75 Å². The number of benzene rings is 2. The molecule has 1 saturated carbocycles. The summed E-state index contributed by atoms with van der Waals surface area (Å²) in [7, 11) is 0. The highest BCUT2D eigenvalue weighted by atomic mass is 32.2. The summed E-state index contributed by atoms with van der Waals surface area (Å²) in [5.41, 5.74) is 1.01. The number of carbonyl (C=O) groups is 2. The lowest BCUT2D eigenvalue weighted by Crippen LogP contribution is -2.25. The largest absolute Gasteiger partial charge is 0.481 e. The first-order valence-corrected chi connectivity index (χ1v) is 11.4. The zero-order valence-electron chi connectivity index (χ0n) is 16.3. The zero-order valence-corrected chi connectivity index (χ0v) is 17.9. The average Bonchev–Trinajstić information content (AvgIpc) is 3.45. The van der Waals surface area contributed by atoms with Crippen molar-refractivity contribution in [3.8, 4) is 5.75 Å². The molecule has 4 rings (SSSR count). The van der Waals surface area contributed by atoms with Crippen molar-refractivity contribution in [2.75, 3.05) is 5.32 Å². The van der Waals surface area contributed by atoms with Crippen LogP contribution >= 0.6 is 23.1 Å². The molecule has 1 aromatic heterocycles. The van der Waals surface area contributed by atoms with Gasteiger partial charge in [0.25, 0.3) is 5.91 Å². The molecule has 1 aliphatic rings. The molecule has 1 unspecified atom stereocenters. The lowest BCUT2D eigenvalue weighted by molar-refractivity contribution is -0.136. The van der Waals surface area contributed by atoms with Gasteiger partial charge in [0.1, 0.15) is 11.6 Å². The molecule has 0 spiro atoms. The summed E-state index contributed by atoms with van der Waals surface area (Å²) in [5, 5.41) is 14.1. The Morgan fingerprint density at radius 2 is 1.90 bits per heavy atom. The van der Waals surface area contributed by atoms with Crippen molar-refractivity contribution in [1.82, 2.24) is 4.98 Å². The number of aliphatic carboxylic acids is 1. The molecule has 2 aromatic carbocycles. The fourth-order valence-electron chi connectivity index (χ4n) is 2.79. The van der Waals surface area contributed by atoms with E-state index in [9.17, 15) is 14.0 Å². The summed E-state index contributed by atoms with van der Waals surface area (Å²) >= 11 is 2.96. The average molecular weight is 459 g/mol. The Morgan fingerprint density at radius 3 is 2.55 bits per heavy atom. The van der Waals surface area contributed by atoms with Gasteiger partial charge >= 0.3 is 5.97 Å². The van der Waals surface area contributed by atoms with Crippen molar-refractivity contribution in [3.05, 3.63) is 71.0 Å². The second-order valence-electron chi connectivity index (χ2n) is 7.04. The molecule has 1 aliphatic carbocycles. The Labute approximate surface area is 186 Å². The van der Waals surface area contributed by atoms with Gasteiger partial charge in [-0.05, 0) is 49.2 Å². The number of ether oxygens (including phenoxy) is 1. The van der Waals surface area contributed by atoms with Crippen molar-refractivity contribution < 1.29 is 23.8 Å². The smallest absolute Gasteiger partial charge is 0.309 e. The number of nitrogens with zero attached hydrogens (tertiary/aromatic N) is 1. The summed E-state index contributed by atoms with van der Waals surface area (Å²) in [5.74, 6) is -1.50. The molecule has 3 aromatic rings. The summed E-state index contributed by atoms with van der Waals surface area (Å²) < 4.78 is 19.1. The number of aromatic nitrogens is 1. The molecule has 9 heteroatoms. The molecule has 0 aliphatic heterocycles. The van der Waals surface area contributed by atoms with E-state index in [2.05, 4.69) is 10.3 Å². The number of amides is 1. The minimum Gasteiger partial charge on any atom is -0.481 e. The maximum Gasteiger partial charge on any atom is 0.309 e. The van der Waals surface area contributed by atoms with E-state index in [0.717, 1.165) is 16.2 Å². The Balaban J connectivity index is 1.53. The van der Waals surface area contributed by atoms with Gasteiger partial charge in [-0.25, -0.2) is 9.37 Å². The molecule has 1 atom stereocenters. The van der Waals surface area contributed by atoms with Crippen LogP contribution in [0.1, 0.15) is 30.2 Å². The molecule has 6 nitrogen and oxygen atoms in total. The quantitative estimate of drug-likeness (QED) is 0.473. The van der Waals surface area contributed by atoms with Crippen molar-refractivity contribution in [2.45, 2.75) is 35.5 Å². The van der Waals surface area contributed by atoms with Crippen LogP contribution in [0.3, 0.4) is 0 Å². The van der Waals surface area contributed by atoms with Gasteiger partial charge in [0, 0.05) is 21.1 Å². The first-order chi connectivity index (χ1) is 15.0. The maximum absolute atomic E-state index is 13.3. The Bertz CT molecular complexity index is 1070. The van der Waals surface area contributed by atoms with Crippen LogP contribution in [0.25, 0.3) is 0 Å². The Morgan fingerprint density at radius 1 is 1.19 bits per heavy atom. The van der Waals surface area contributed by atoms with Gasteiger partial charge in [-0.15, -0.1) is 23.1 Å². The number of hydrogen-bond donors (Lipinski definition) is 2. The van der Waals surface area contributed by atoms with Crippen LogP contribution in [-0.4, -0.2) is 27.2 Å².